The summed E-state index contributed by atoms with van der Waals surface area (Å²) in [6.07, 6.45) is 1.43. The first kappa shape index (κ1) is 19.1. The summed E-state index contributed by atoms with van der Waals surface area (Å²) in [5.74, 6) is -0.343. The molecule has 0 radical (unpaired) electrons. The quantitative estimate of drug-likeness (QED) is 0.757. The molecule has 1 atom stereocenters. The van der Waals surface area contributed by atoms with Gasteiger partial charge in [0.05, 0.1) is 17.5 Å². The second-order valence-electron chi connectivity index (χ2n) is 6.10. The maximum absolute atomic E-state index is 12.4. The van der Waals surface area contributed by atoms with Crippen LogP contribution in [0.3, 0.4) is 0 Å². The Morgan fingerprint density at radius 2 is 1.68 bits per heavy atom. The van der Waals surface area contributed by atoms with Gasteiger partial charge in [0.15, 0.2) is 9.84 Å². The molecule has 0 aromatic heterocycles. The smallest absolute Gasteiger partial charge is 0.241 e. The first-order valence-electron chi connectivity index (χ1n) is 8.29. The molecule has 0 heterocycles. The highest BCUT2D eigenvalue weighted by atomic mass is 32.2. The van der Waals surface area contributed by atoms with Crippen LogP contribution in [0, 0.1) is 0 Å². The van der Waals surface area contributed by atoms with Crippen LogP contribution in [0.5, 0.6) is 0 Å². The van der Waals surface area contributed by atoms with Crippen LogP contribution < -0.4 is 11.1 Å². The van der Waals surface area contributed by atoms with Crippen LogP contribution in [-0.4, -0.2) is 20.4 Å². The lowest BCUT2D eigenvalue weighted by Gasteiger charge is -2.12. The standard InChI is InChI=1S/C19H24N2O3S/c1-2-7-18(20)19(22)21-17-11-6-10-16(12-17)14-25(23,24)13-15-8-4-3-5-9-15/h3-6,8-12,18H,2,7,13-14,20H2,1H3,(H,21,22). The fourth-order valence-electron chi connectivity index (χ4n) is 2.55. The summed E-state index contributed by atoms with van der Waals surface area (Å²) in [6, 6.07) is 15.4. The van der Waals surface area contributed by atoms with Crippen LogP contribution in [0.1, 0.15) is 30.9 Å². The van der Waals surface area contributed by atoms with Gasteiger partial charge in [-0.05, 0) is 29.7 Å². The highest BCUT2D eigenvalue weighted by Crippen LogP contribution is 2.16. The molecule has 0 bridgehead atoms. The Bertz CT molecular complexity index is 804. The molecule has 3 N–H and O–H groups in total. The Balaban J connectivity index is 2.04. The van der Waals surface area contributed by atoms with E-state index < -0.39 is 15.9 Å². The largest absolute Gasteiger partial charge is 0.325 e. The van der Waals surface area contributed by atoms with Crippen molar-refractivity contribution in [1.82, 2.24) is 0 Å². The number of sulfone groups is 1. The summed E-state index contributed by atoms with van der Waals surface area (Å²) in [5.41, 5.74) is 7.75. The van der Waals surface area contributed by atoms with E-state index in [0.29, 0.717) is 17.7 Å². The third-order valence-electron chi connectivity index (χ3n) is 3.75. The second-order valence-corrected chi connectivity index (χ2v) is 8.17. The number of nitrogens with one attached hydrogen (secondary N) is 1. The number of amides is 1. The molecule has 0 aliphatic heterocycles. The van der Waals surface area contributed by atoms with Crippen LogP contribution in [0.25, 0.3) is 0 Å². The minimum Gasteiger partial charge on any atom is -0.325 e. The molecule has 1 amide bonds. The van der Waals surface area contributed by atoms with Gasteiger partial charge in [-0.2, -0.15) is 0 Å². The van der Waals surface area contributed by atoms with Crippen LogP contribution in [0.2, 0.25) is 0 Å². The van der Waals surface area contributed by atoms with Gasteiger partial charge in [-0.3, -0.25) is 4.79 Å². The molecule has 0 spiro atoms. The Labute approximate surface area is 149 Å². The zero-order chi connectivity index (χ0) is 18.3. The molecule has 0 aliphatic rings. The van der Waals surface area contributed by atoms with Crippen molar-refractivity contribution in [2.45, 2.75) is 37.3 Å². The van der Waals surface area contributed by atoms with Crippen LogP contribution in [-0.2, 0) is 26.1 Å². The first-order chi connectivity index (χ1) is 11.9. The van der Waals surface area contributed by atoms with Gasteiger partial charge in [0, 0.05) is 5.69 Å². The topological polar surface area (TPSA) is 89.3 Å². The molecule has 25 heavy (non-hydrogen) atoms. The van der Waals surface area contributed by atoms with Crippen molar-refractivity contribution in [2.75, 3.05) is 5.32 Å². The monoisotopic (exact) mass is 360 g/mol. The van der Waals surface area contributed by atoms with Crippen molar-refractivity contribution < 1.29 is 13.2 Å². The molecule has 6 heteroatoms. The number of rotatable bonds is 8. The Hall–Kier alpha value is -2.18. The minimum atomic E-state index is -3.30. The minimum absolute atomic E-state index is 0.00813. The van der Waals surface area contributed by atoms with Gasteiger partial charge in [-0.15, -0.1) is 0 Å². The summed E-state index contributed by atoms with van der Waals surface area (Å²) < 4.78 is 24.8. The second kappa shape index (κ2) is 8.78. The van der Waals surface area contributed by atoms with Gasteiger partial charge in [0.1, 0.15) is 0 Å². The van der Waals surface area contributed by atoms with Crippen LogP contribution in [0.15, 0.2) is 54.6 Å². The van der Waals surface area contributed by atoms with Gasteiger partial charge in [0.25, 0.3) is 0 Å². The summed E-state index contributed by atoms with van der Waals surface area (Å²) in [5, 5.41) is 2.74. The molecule has 2 aromatic rings. The van der Waals surface area contributed by atoms with E-state index >= 15 is 0 Å². The van der Waals surface area contributed by atoms with E-state index in [0.717, 1.165) is 12.0 Å². The molecule has 0 fully saturated rings. The van der Waals surface area contributed by atoms with E-state index in [1.807, 2.05) is 25.1 Å². The predicted molar refractivity (Wildman–Crippen MR) is 101 cm³/mol. The van der Waals surface area contributed by atoms with Gasteiger partial charge in [0.2, 0.25) is 5.91 Å². The number of carbonyl (C=O) groups is 1. The van der Waals surface area contributed by atoms with Crippen molar-refractivity contribution in [3.63, 3.8) is 0 Å². The number of nitrogens with two attached hydrogens (primary N) is 1. The Morgan fingerprint density at radius 3 is 2.36 bits per heavy atom. The maximum atomic E-state index is 12.4. The molecule has 1 unspecified atom stereocenters. The fourth-order valence-corrected chi connectivity index (χ4v) is 4.04. The van der Waals surface area contributed by atoms with Crippen LogP contribution >= 0.6 is 0 Å². The molecule has 0 saturated carbocycles. The van der Waals surface area contributed by atoms with Gasteiger partial charge >= 0.3 is 0 Å². The number of hydrogen-bond donors (Lipinski definition) is 2. The number of benzene rings is 2. The fraction of sp³-hybridized carbons (Fsp3) is 0.316. The number of hydrogen-bond acceptors (Lipinski definition) is 4. The zero-order valence-electron chi connectivity index (χ0n) is 14.3. The van der Waals surface area contributed by atoms with Gasteiger partial charge in [-0.25, -0.2) is 8.42 Å². The average Bonchev–Trinajstić information content (AvgIpc) is 2.55. The van der Waals surface area contributed by atoms with Crippen molar-refractivity contribution in [2.24, 2.45) is 5.73 Å². The summed E-state index contributed by atoms with van der Waals surface area (Å²) in [6.45, 7) is 1.96. The van der Waals surface area contributed by atoms with E-state index in [4.69, 9.17) is 5.73 Å². The number of carbonyl (C=O) groups excluding carboxylic acids is 1. The molecule has 134 valence electrons. The van der Waals surface area contributed by atoms with E-state index in [9.17, 15) is 13.2 Å². The Kier molecular flexibility index (Phi) is 6.73. The Morgan fingerprint density at radius 1 is 1.04 bits per heavy atom. The highest BCUT2D eigenvalue weighted by Gasteiger charge is 2.15. The summed E-state index contributed by atoms with van der Waals surface area (Å²) in [4.78, 5) is 12.0. The maximum Gasteiger partial charge on any atom is 0.241 e. The molecule has 0 saturated heterocycles. The molecule has 2 rings (SSSR count). The lowest BCUT2D eigenvalue weighted by atomic mass is 10.1. The summed E-state index contributed by atoms with van der Waals surface area (Å²) in [7, 11) is -3.30. The third kappa shape index (κ3) is 6.32. The molecule has 0 aliphatic carbocycles. The van der Waals surface area contributed by atoms with Crippen molar-refractivity contribution >= 4 is 21.4 Å². The highest BCUT2D eigenvalue weighted by molar-refractivity contribution is 7.89. The molecular weight excluding hydrogens is 336 g/mol. The third-order valence-corrected chi connectivity index (χ3v) is 5.29. The van der Waals surface area contributed by atoms with Crippen molar-refractivity contribution in [1.29, 1.82) is 0 Å². The zero-order valence-corrected chi connectivity index (χ0v) is 15.1. The molecule has 5 nitrogen and oxygen atoms in total. The first-order valence-corrected chi connectivity index (χ1v) is 10.1. The van der Waals surface area contributed by atoms with E-state index in [-0.39, 0.29) is 17.4 Å². The molecular formula is C19H24N2O3S. The van der Waals surface area contributed by atoms with Crippen LogP contribution in [0.4, 0.5) is 5.69 Å². The van der Waals surface area contributed by atoms with Gasteiger partial charge < -0.3 is 11.1 Å². The lowest BCUT2D eigenvalue weighted by Crippen LogP contribution is -2.35. The summed E-state index contributed by atoms with van der Waals surface area (Å²) >= 11 is 0. The molecule has 2 aromatic carbocycles. The number of anilines is 1. The average molecular weight is 360 g/mol. The SMILES string of the molecule is CCCC(N)C(=O)Nc1cccc(CS(=O)(=O)Cc2ccccc2)c1. The lowest BCUT2D eigenvalue weighted by molar-refractivity contribution is -0.117. The van der Waals surface area contributed by atoms with E-state index in [2.05, 4.69) is 5.32 Å². The van der Waals surface area contributed by atoms with Crippen molar-refractivity contribution in [3.05, 3.63) is 65.7 Å². The predicted octanol–water partition coefficient (Wildman–Crippen LogP) is 2.87. The normalized spacial score (nSPS) is 12.6. The van der Waals surface area contributed by atoms with E-state index in [1.165, 1.54) is 0 Å². The van der Waals surface area contributed by atoms with Crippen molar-refractivity contribution in [3.8, 4) is 0 Å². The van der Waals surface area contributed by atoms with E-state index in [1.54, 1.807) is 36.4 Å². The van der Waals surface area contributed by atoms with Gasteiger partial charge in [-0.1, -0.05) is 55.8 Å².